The maximum atomic E-state index is 11.5. The topological polar surface area (TPSA) is 87.6 Å². The van der Waals surface area contributed by atoms with Crippen molar-refractivity contribution in [2.24, 2.45) is 5.73 Å². The Hall–Kier alpha value is -3.28. The number of methoxy groups -OCH3 is 1. The zero-order chi connectivity index (χ0) is 17.8. The van der Waals surface area contributed by atoms with Gasteiger partial charge in [0.25, 0.3) is 5.91 Å². The van der Waals surface area contributed by atoms with Crippen LogP contribution < -0.4 is 15.2 Å². The van der Waals surface area contributed by atoms with Crippen molar-refractivity contribution >= 4 is 5.91 Å². The fourth-order valence-electron chi connectivity index (χ4n) is 2.34. The number of hydrogen-bond acceptors (Lipinski definition) is 5. The molecule has 2 aromatic carbocycles. The average molecular weight is 338 g/mol. The highest BCUT2D eigenvalue weighted by molar-refractivity contribution is 5.95. The largest absolute Gasteiger partial charge is 0.497 e. The monoisotopic (exact) mass is 338 g/mol. The van der Waals surface area contributed by atoms with E-state index in [1.54, 1.807) is 19.2 Å². The van der Waals surface area contributed by atoms with Gasteiger partial charge in [-0.3, -0.25) is 4.79 Å². The number of amides is 1. The smallest absolute Gasteiger partial charge is 0.252 e. The van der Waals surface area contributed by atoms with E-state index in [2.05, 4.69) is 4.98 Å². The van der Waals surface area contributed by atoms with Gasteiger partial charge in [-0.1, -0.05) is 6.07 Å². The second kappa shape index (κ2) is 7.09. The number of benzene rings is 2. The van der Waals surface area contributed by atoms with Crippen LogP contribution in [-0.4, -0.2) is 18.0 Å². The van der Waals surface area contributed by atoms with Crippen LogP contribution >= 0.6 is 0 Å². The van der Waals surface area contributed by atoms with E-state index in [9.17, 15) is 4.79 Å². The van der Waals surface area contributed by atoms with Gasteiger partial charge in [-0.15, -0.1) is 0 Å². The lowest BCUT2D eigenvalue weighted by molar-refractivity contribution is 0.0996. The number of primary amides is 1. The molecule has 25 heavy (non-hydrogen) atoms. The fraction of sp³-hybridized carbons (Fsp3) is 0.158. The number of aryl methyl sites for hydroxylation is 1. The standard InChI is InChI=1S/C19H18N2O4/c1-12-3-8-16(18(20)22)17(9-12)24-10-14-11-25-19(21-14)13-4-6-15(23-2)7-5-13/h3-9,11H,10H2,1-2H3,(H2,20,22). The summed E-state index contributed by atoms with van der Waals surface area (Å²) in [5, 5.41) is 0. The molecule has 1 amide bonds. The van der Waals surface area contributed by atoms with E-state index in [0.717, 1.165) is 16.9 Å². The Kier molecular flexibility index (Phi) is 4.70. The molecule has 3 aromatic rings. The van der Waals surface area contributed by atoms with Crippen LogP contribution in [-0.2, 0) is 6.61 Å². The van der Waals surface area contributed by atoms with Crippen LogP contribution in [0.25, 0.3) is 11.5 Å². The van der Waals surface area contributed by atoms with Gasteiger partial charge in [-0.25, -0.2) is 4.98 Å². The number of carbonyl (C=O) groups excluding carboxylic acids is 1. The second-order valence-corrected chi connectivity index (χ2v) is 5.53. The number of aromatic nitrogens is 1. The Balaban J connectivity index is 1.74. The van der Waals surface area contributed by atoms with E-state index in [1.165, 1.54) is 6.26 Å². The first-order valence-corrected chi connectivity index (χ1v) is 7.69. The summed E-state index contributed by atoms with van der Waals surface area (Å²) >= 11 is 0. The minimum Gasteiger partial charge on any atom is -0.497 e. The van der Waals surface area contributed by atoms with E-state index < -0.39 is 5.91 Å². The molecule has 0 bridgehead atoms. The van der Waals surface area contributed by atoms with E-state index in [1.807, 2.05) is 37.3 Å². The molecule has 0 radical (unpaired) electrons. The summed E-state index contributed by atoms with van der Waals surface area (Å²) in [5.74, 6) is 1.15. The number of oxazole rings is 1. The summed E-state index contributed by atoms with van der Waals surface area (Å²) in [7, 11) is 1.61. The van der Waals surface area contributed by atoms with Crippen molar-refractivity contribution in [1.29, 1.82) is 0 Å². The van der Waals surface area contributed by atoms with Gasteiger partial charge in [-0.05, 0) is 48.9 Å². The molecule has 1 aromatic heterocycles. The third-order valence-electron chi connectivity index (χ3n) is 3.67. The maximum absolute atomic E-state index is 11.5. The number of nitrogens with zero attached hydrogens (tertiary/aromatic N) is 1. The summed E-state index contributed by atoms with van der Waals surface area (Å²) < 4.78 is 16.3. The van der Waals surface area contributed by atoms with Crippen molar-refractivity contribution in [3.8, 4) is 23.0 Å². The molecule has 128 valence electrons. The third-order valence-corrected chi connectivity index (χ3v) is 3.67. The first-order valence-electron chi connectivity index (χ1n) is 7.69. The average Bonchev–Trinajstić information content (AvgIpc) is 3.09. The van der Waals surface area contributed by atoms with E-state index in [4.69, 9.17) is 19.6 Å². The van der Waals surface area contributed by atoms with Crippen molar-refractivity contribution in [1.82, 2.24) is 4.98 Å². The molecule has 0 aliphatic heterocycles. The van der Waals surface area contributed by atoms with Crippen LogP contribution in [0.1, 0.15) is 21.6 Å². The lowest BCUT2D eigenvalue weighted by Crippen LogP contribution is -2.13. The zero-order valence-electron chi connectivity index (χ0n) is 14.0. The molecule has 1 heterocycles. The normalized spacial score (nSPS) is 10.5. The molecular formula is C19H18N2O4. The van der Waals surface area contributed by atoms with Gasteiger partial charge in [0.1, 0.15) is 30.1 Å². The predicted molar refractivity (Wildman–Crippen MR) is 92.5 cm³/mol. The highest BCUT2D eigenvalue weighted by atomic mass is 16.5. The molecule has 0 saturated carbocycles. The van der Waals surface area contributed by atoms with Crippen molar-refractivity contribution in [3.05, 3.63) is 65.5 Å². The van der Waals surface area contributed by atoms with Gasteiger partial charge in [0.2, 0.25) is 5.89 Å². The molecule has 0 fully saturated rings. The first kappa shape index (κ1) is 16.6. The fourth-order valence-corrected chi connectivity index (χ4v) is 2.34. The summed E-state index contributed by atoms with van der Waals surface area (Å²) in [6.07, 6.45) is 1.53. The molecule has 0 unspecified atom stereocenters. The summed E-state index contributed by atoms with van der Waals surface area (Å²) in [4.78, 5) is 15.9. The summed E-state index contributed by atoms with van der Waals surface area (Å²) in [5.41, 5.74) is 8.13. The molecule has 6 heteroatoms. The first-order chi connectivity index (χ1) is 12.1. The Morgan fingerprint density at radius 2 is 1.96 bits per heavy atom. The molecule has 0 saturated heterocycles. The van der Waals surface area contributed by atoms with Crippen LogP contribution in [0, 0.1) is 6.92 Å². The molecule has 0 spiro atoms. The maximum Gasteiger partial charge on any atom is 0.252 e. The molecular weight excluding hydrogens is 320 g/mol. The van der Waals surface area contributed by atoms with Gasteiger partial charge in [0.15, 0.2) is 0 Å². The van der Waals surface area contributed by atoms with E-state index in [0.29, 0.717) is 22.9 Å². The van der Waals surface area contributed by atoms with Crippen LogP contribution in [0.2, 0.25) is 0 Å². The van der Waals surface area contributed by atoms with Gasteiger partial charge in [0, 0.05) is 5.56 Å². The van der Waals surface area contributed by atoms with Gasteiger partial charge >= 0.3 is 0 Å². The number of carbonyl (C=O) groups is 1. The Morgan fingerprint density at radius 3 is 2.64 bits per heavy atom. The highest BCUT2D eigenvalue weighted by Crippen LogP contribution is 2.24. The molecule has 0 aliphatic rings. The molecule has 0 atom stereocenters. The summed E-state index contributed by atoms with van der Waals surface area (Å²) in [6.45, 7) is 2.08. The molecule has 3 rings (SSSR count). The number of ether oxygens (including phenoxy) is 2. The van der Waals surface area contributed by atoms with Crippen molar-refractivity contribution in [3.63, 3.8) is 0 Å². The van der Waals surface area contributed by atoms with Crippen LogP contribution in [0.3, 0.4) is 0 Å². The zero-order valence-corrected chi connectivity index (χ0v) is 14.0. The highest BCUT2D eigenvalue weighted by Gasteiger charge is 2.12. The van der Waals surface area contributed by atoms with Crippen molar-refractivity contribution < 1.29 is 18.7 Å². The third kappa shape index (κ3) is 3.80. The second-order valence-electron chi connectivity index (χ2n) is 5.53. The van der Waals surface area contributed by atoms with Gasteiger partial charge in [-0.2, -0.15) is 0 Å². The van der Waals surface area contributed by atoms with Crippen LogP contribution in [0.15, 0.2) is 53.1 Å². The van der Waals surface area contributed by atoms with Crippen molar-refractivity contribution in [2.45, 2.75) is 13.5 Å². The van der Waals surface area contributed by atoms with Crippen LogP contribution in [0.5, 0.6) is 11.5 Å². The molecule has 6 nitrogen and oxygen atoms in total. The minimum atomic E-state index is -0.533. The SMILES string of the molecule is COc1ccc(-c2nc(COc3cc(C)ccc3C(N)=O)co2)cc1. The predicted octanol–water partition coefficient (Wildman–Crippen LogP) is 3.34. The lowest BCUT2D eigenvalue weighted by atomic mass is 10.1. The number of hydrogen-bond donors (Lipinski definition) is 1. The Morgan fingerprint density at radius 1 is 1.20 bits per heavy atom. The minimum absolute atomic E-state index is 0.170. The van der Waals surface area contributed by atoms with E-state index >= 15 is 0 Å². The van der Waals surface area contributed by atoms with E-state index in [-0.39, 0.29) is 6.61 Å². The van der Waals surface area contributed by atoms with Gasteiger partial charge in [0.05, 0.1) is 12.7 Å². The van der Waals surface area contributed by atoms with Crippen LogP contribution in [0.4, 0.5) is 0 Å². The molecule has 2 N–H and O–H groups in total. The van der Waals surface area contributed by atoms with Crippen molar-refractivity contribution in [2.75, 3.05) is 7.11 Å². The Labute approximate surface area is 145 Å². The lowest BCUT2D eigenvalue weighted by Gasteiger charge is -2.09. The number of rotatable bonds is 6. The Bertz CT molecular complexity index is 885. The molecule has 0 aliphatic carbocycles. The summed E-state index contributed by atoms with van der Waals surface area (Å²) in [6, 6.07) is 12.6. The number of nitrogens with two attached hydrogens (primary N) is 1. The van der Waals surface area contributed by atoms with Gasteiger partial charge < -0.3 is 19.6 Å². The quantitative estimate of drug-likeness (QED) is 0.745.